The number of halogens is 1. The van der Waals surface area contributed by atoms with Crippen molar-refractivity contribution in [2.24, 2.45) is 11.8 Å². The number of aromatic hydroxyl groups is 1. The molecule has 0 aromatic heterocycles. The minimum absolute atomic E-state index is 0.0887. The van der Waals surface area contributed by atoms with Crippen LogP contribution >= 0.6 is 11.6 Å². The van der Waals surface area contributed by atoms with Crippen LogP contribution in [0, 0.1) is 11.8 Å². The zero-order valence-electron chi connectivity index (χ0n) is 19.3. The Balaban J connectivity index is 1.68. The molecule has 1 saturated heterocycles. The largest absolute Gasteiger partial charge is 0.502 e. The molecule has 0 bridgehead atoms. The molecule has 2 aromatic rings. The maximum atomic E-state index is 13.1. The molecule has 10 heteroatoms. The summed E-state index contributed by atoms with van der Waals surface area (Å²) in [4.78, 5) is 25.8. The van der Waals surface area contributed by atoms with Crippen molar-refractivity contribution in [3.05, 3.63) is 41.0 Å². The molecule has 4 atom stereocenters. The standard InChI is InChI=1S/C25H26ClNO8/c1-31-18-6-12(7-19(32-2)24(18)29)21-13-8-16-17(35-11-34-16)9-14(13)23(27-20(28)4-3-5-26)15-10-33-25(30)22(15)21/h6-9,15,21-23,29H,3-5,10-11H2,1-2H3,(H,27,28)/t15-,21?,22?,23+/m0/s1. The van der Waals surface area contributed by atoms with Gasteiger partial charge in [0.15, 0.2) is 23.0 Å². The molecule has 186 valence electrons. The number of methoxy groups -OCH3 is 2. The van der Waals surface area contributed by atoms with Crippen molar-refractivity contribution in [3.63, 3.8) is 0 Å². The van der Waals surface area contributed by atoms with E-state index in [1.165, 1.54) is 14.2 Å². The predicted molar refractivity (Wildman–Crippen MR) is 124 cm³/mol. The lowest BCUT2D eigenvalue weighted by Crippen LogP contribution is -2.42. The quantitative estimate of drug-likeness (QED) is 0.437. The average Bonchev–Trinajstić information content (AvgIpc) is 3.48. The number of alkyl halides is 1. The topological polar surface area (TPSA) is 113 Å². The van der Waals surface area contributed by atoms with Crippen molar-refractivity contribution in [3.8, 4) is 28.7 Å². The summed E-state index contributed by atoms with van der Waals surface area (Å²) in [6, 6.07) is 6.65. The van der Waals surface area contributed by atoms with Crippen LogP contribution in [-0.4, -0.2) is 50.5 Å². The highest BCUT2D eigenvalue weighted by Crippen LogP contribution is 2.55. The van der Waals surface area contributed by atoms with Gasteiger partial charge in [0.05, 0.1) is 32.8 Å². The second-order valence-corrected chi connectivity index (χ2v) is 9.12. The number of amides is 1. The van der Waals surface area contributed by atoms with Crippen molar-refractivity contribution >= 4 is 23.5 Å². The fraction of sp³-hybridized carbons (Fsp3) is 0.440. The van der Waals surface area contributed by atoms with Crippen molar-refractivity contribution in [2.75, 3.05) is 33.5 Å². The smallest absolute Gasteiger partial charge is 0.310 e. The second kappa shape index (κ2) is 9.37. The number of hydrogen-bond acceptors (Lipinski definition) is 8. The Kier molecular flexibility index (Phi) is 6.27. The summed E-state index contributed by atoms with van der Waals surface area (Å²) in [5.74, 6) is -0.0236. The Morgan fingerprint density at radius 2 is 1.74 bits per heavy atom. The molecular formula is C25H26ClNO8. The number of carbonyl (C=O) groups is 2. The first-order valence-corrected chi connectivity index (χ1v) is 11.9. The van der Waals surface area contributed by atoms with E-state index in [0.717, 1.165) is 11.1 Å². The Labute approximate surface area is 207 Å². The van der Waals surface area contributed by atoms with E-state index in [9.17, 15) is 14.7 Å². The van der Waals surface area contributed by atoms with E-state index >= 15 is 0 Å². The predicted octanol–water partition coefficient (Wildman–Crippen LogP) is 3.25. The van der Waals surface area contributed by atoms with Crippen LogP contribution in [0.5, 0.6) is 28.7 Å². The Bertz CT molecular complexity index is 1140. The molecular weight excluding hydrogens is 478 g/mol. The van der Waals surface area contributed by atoms with E-state index in [2.05, 4.69) is 5.32 Å². The van der Waals surface area contributed by atoms with Crippen LogP contribution in [0.3, 0.4) is 0 Å². The molecule has 1 amide bonds. The fourth-order valence-electron chi connectivity index (χ4n) is 5.31. The monoisotopic (exact) mass is 503 g/mol. The zero-order chi connectivity index (χ0) is 24.7. The molecule has 1 fully saturated rings. The van der Waals surface area contributed by atoms with Gasteiger partial charge in [-0.2, -0.15) is 0 Å². The second-order valence-electron chi connectivity index (χ2n) is 8.74. The molecule has 2 unspecified atom stereocenters. The lowest BCUT2D eigenvalue weighted by Gasteiger charge is -2.39. The van der Waals surface area contributed by atoms with Gasteiger partial charge in [-0.15, -0.1) is 11.6 Å². The number of ether oxygens (including phenoxy) is 5. The minimum Gasteiger partial charge on any atom is -0.502 e. The normalized spacial score (nSPS) is 23.8. The van der Waals surface area contributed by atoms with Crippen LogP contribution in [0.4, 0.5) is 0 Å². The molecule has 2 aliphatic heterocycles. The zero-order valence-corrected chi connectivity index (χ0v) is 20.1. The van der Waals surface area contributed by atoms with Crippen LogP contribution in [0.15, 0.2) is 24.3 Å². The third-order valence-corrected chi connectivity index (χ3v) is 7.17. The highest BCUT2D eigenvalue weighted by atomic mass is 35.5. The van der Waals surface area contributed by atoms with Gasteiger partial charge in [0.1, 0.15) is 0 Å². The number of benzene rings is 2. The van der Waals surface area contributed by atoms with Gasteiger partial charge >= 0.3 is 5.97 Å². The maximum absolute atomic E-state index is 13.1. The third-order valence-electron chi connectivity index (χ3n) is 6.90. The van der Waals surface area contributed by atoms with Crippen molar-refractivity contribution in [2.45, 2.75) is 24.8 Å². The first-order valence-electron chi connectivity index (χ1n) is 11.4. The van der Waals surface area contributed by atoms with Gasteiger partial charge in [0.25, 0.3) is 0 Å². The summed E-state index contributed by atoms with van der Waals surface area (Å²) < 4.78 is 27.5. The average molecular weight is 504 g/mol. The van der Waals surface area contributed by atoms with Crippen LogP contribution in [-0.2, 0) is 14.3 Å². The minimum atomic E-state index is -0.583. The number of carbonyl (C=O) groups excluding carboxylic acids is 2. The number of hydrogen-bond donors (Lipinski definition) is 2. The first kappa shape index (κ1) is 23.4. The van der Waals surface area contributed by atoms with E-state index in [4.69, 9.17) is 35.3 Å². The van der Waals surface area contributed by atoms with Gasteiger partial charge in [0, 0.05) is 24.1 Å². The van der Waals surface area contributed by atoms with Crippen LogP contribution in [0.1, 0.15) is 41.5 Å². The number of esters is 1. The van der Waals surface area contributed by atoms with Crippen LogP contribution in [0.2, 0.25) is 0 Å². The van der Waals surface area contributed by atoms with Gasteiger partial charge in [-0.1, -0.05) is 0 Å². The molecule has 2 aromatic carbocycles. The Hall–Kier alpha value is -3.33. The van der Waals surface area contributed by atoms with E-state index in [1.54, 1.807) is 12.1 Å². The molecule has 9 nitrogen and oxygen atoms in total. The molecule has 0 spiro atoms. The van der Waals surface area contributed by atoms with Gasteiger partial charge in [-0.05, 0) is 47.4 Å². The molecule has 0 saturated carbocycles. The van der Waals surface area contributed by atoms with E-state index in [1.807, 2.05) is 12.1 Å². The Morgan fingerprint density at radius 1 is 1.09 bits per heavy atom. The van der Waals surface area contributed by atoms with E-state index in [0.29, 0.717) is 29.4 Å². The third kappa shape index (κ3) is 3.97. The van der Waals surface area contributed by atoms with Gasteiger partial charge < -0.3 is 34.1 Å². The van der Waals surface area contributed by atoms with Gasteiger partial charge in [-0.25, -0.2) is 0 Å². The summed E-state index contributed by atoms with van der Waals surface area (Å²) in [6.45, 7) is 0.256. The summed E-state index contributed by atoms with van der Waals surface area (Å²) in [5, 5.41) is 13.6. The van der Waals surface area contributed by atoms with E-state index in [-0.39, 0.29) is 54.9 Å². The number of phenols is 1. The highest BCUT2D eigenvalue weighted by Gasteiger charge is 2.53. The van der Waals surface area contributed by atoms with Crippen LogP contribution in [0.25, 0.3) is 0 Å². The van der Waals surface area contributed by atoms with E-state index < -0.39 is 17.9 Å². The molecule has 2 N–H and O–H groups in total. The number of fused-ring (bicyclic) bond motifs is 3. The summed E-state index contributed by atoms with van der Waals surface area (Å²) in [6.07, 6.45) is 0.829. The van der Waals surface area contributed by atoms with Crippen molar-refractivity contribution in [1.29, 1.82) is 0 Å². The number of rotatable bonds is 7. The lowest BCUT2D eigenvalue weighted by atomic mass is 9.65. The maximum Gasteiger partial charge on any atom is 0.310 e. The first-order chi connectivity index (χ1) is 17.0. The summed E-state index contributed by atoms with van der Waals surface area (Å²) in [5.41, 5.74) is 2.33. The van der Waals surface area contributed by atoms with Crippen molar-refractivity contribution < 1.29 is 38.4 Å². The lowest BCUT2D eigenvalue weighted by molar-refractivity contribution is -0.141. The number of nitrogens with one attached hydrogen (secondary N) is 1. The van der Waals surface area contributed by atoms with Crippen LogP contribution < -0.4 is 24.3 Å². The van der Waals surface area contributed by atoms with Gasteiger partial charge in [0.2, 0.25) is 18.4 Å². The fourth-order valence-corrected chi connectivity index (χ4v) is 5.45. The summed E-state index contributed by atoms with van der Waals surface area (Å²) >= 11 is 5.78. The summed E-state index contributed by atoms with van der Waals surface area (Å²) in [7, 11) is 2.90. The van der Waals surface area contributed by atoms with Gasteiger partial charge in [-0.3, -0.25) is 9.59 Å². The molecule has 35 heavy (non-hydrogen) atoms. The SMILES string of the molecule is COc1cc(C2c3cc4c(cc3[C@@H](NC(=O)CCCCl)[C@H]3COC(=O)C23)OCO4)cc(OC)c1O. The molecule has 0 radical (unpaired) electrons. The molecule has 2 heterocycles. The molecule has 5 rings (SSSR count). The number of phenolic OH excluding ortho intramolecular Hbond substituents is 1. The molecule has 1 aliphatic carbocycles. The Morgan fingerprint density at radius 3 is 2.37 bits per heavy atom. The highest BCUT2D eigenvalue weighted by molar-refractivity contribution is 6.17. The van der Waals surface area contributed by atoms with Crippen molar-refractivity contribution in [1.82, 2.24) is 5.32 Å². The molecule has 3 aliphatic rings. The number of cyclic esters (lactones) is 1.